The van der Waals surface area contributed by atoms with E-state index in [1.165, 1.54) is 12.1 Å². The molecule has 1 atom stereocenters. The van der Waals surface area contributed by atoms with Gasteiger partial charge in [-0.3, -0.25) is 4.79 Å². The van der Waals surface area contributed by atoms with Gasteiger partial charge in [-0.25, -0.2) is 4.39 Å². The van der Waals surface area contributed by atoms with Gasteiger partial charge in [0, 0.05) is 26.1 Å². The number of nitrogens with one attached hydrogen (secondary N) is 1. The second-order valence-electron chi connectivity index (χ2n) is 4.87. The summed E-state index contributed by atoms with van der Waals surface area (Å²) in [6, 6.07) is 6.60. The predicted octanol–water partition coefficient (Wildman–Crippen LogP) is 1.93. The van der Waals surface area contributed by atoms with Gasteiger partial charge < -0.3 is 10.2 Å². The summed E-state index contributed by atoms with van der Waals surface area (Å²) in [5, 5.41) is 3.32. The van der Waals surface area contributed by atoms with E-state index in [-0.39, 0.29) is 11.7 Å². The number of benzene rings is 1. The van der Waals surface area contributed by atoms with Gasteiger partial charge in [0.1, 0.15) is 5.82 Å². The van der Waals surface area contributed by atoms with Crippen LogP contribution in [0.4, 0.5) is 4.39 Å². The van der Waals surface area contributed by atoms with E-state index in [1.807, 2.05) is 0 Å². The molecular formula is C14H19FN2O. The topological polar surface area (TPSA) is 32.3 Å². The molecule has 3 nitrogen and oxygen atoms in total. The summed E-state index contributed by atoms with van der Waals surface area (Å²) >= 11 is 0. The molecule has 1 amide bonds. The third-order valence-electron chi connectivity index (χ3n) is 3.34. The van der Waals surface area contributed by atoms with Crippen molar-refractivity contribution in [3.8, 4) is 0 Å². The Bertz CT molecular complexity index is 399. The van der Waals surface area contributed by atoms with Gasteiger partial charge in [-0.15, -0.1) is 0 Å². The van der Waals surface area contributed by atoms with Crippen molar-refractivity contribution < 1.29 is 9.18 Å². The lowest BCUT2D eigenvalue weighted by Crippen LogP contribution is -2.33. The molecule has 4 heteroatoms. The van der Waals surface area contributed by atoms with E-state index < -0.39 is 0 Å². The number of carbonyl (C=O) groups is 1. The summed E-state index contributed by atoms with van der Waals surface area (Å²) in [4.78, 5) is 13.7. The molecule has 0 aromatic heterocycles. The molecular weight excluding hydrogens is 231 g/mol. The molecule has 2 rings (SSSR count). The molecule has 1 heterocycles. The summed E-state index contributed by atoms with van der Waals surface area (Å²) in [6.45, 7) is 1.55. The van der Waals surface area contributed by atoms with Gasteiger partial charge in [-0.1, -0.05) is 12.1 Å². The van der Waals surface area contributed by atoms with Crippen molar-refractivity contribution in [2.45, 2.75) is 31.8 Å². The Hall–Kier alpha value is -1.42. The average Bonchev–Trinajstić information content (AvgIpc) is 2.85. The lowest BCUT2D eigenvalue weighted by molar-refractivity contribution is -0.130. The number of nitrogens with zero attached hydrogens (tertiary/aromatic N) is 1. The predicted molar refractivity (Wildman–Crippen MR) is 68.5 cm³/mol. The fourth-order valence-corrected chi connectivity index (χ4v) is 2.25. The van der Waals surface area contributed by atoms with Gasteiger partial charge in [-0.2, -0.15) is 0 Å². The van der Waals surface area contributed by atoms with Crippen LogP contribution < -0.4 is 5.32 Å². The van der Waals surface area contributed by atoms with Crippen LogP contribution in [0.25, 0.3) is 0 Å². The van der Waals surface area contributed by atoms with E-state index in [1.54, 1.807) is 24.1 Å². The maximum atomic E-state index is 12.8. The molecule has 0 bridgehead atoms. The fraction of sp³-hybridized carbons (Fsp3) is 0.500. The van der Waals surface area contributed by atoms with Crippen LogP contribution in [0.5, 0.6) is 0 Å². The van der Waals surface area contributed by atoms with Gasteiger partial charge in [0.15, 0.2) is 0 Å². The van der Waals surface area contributed by atoms with E-state index in [4.69, 9.17) is 0 Å². The smallest absolute Gasteiger partial charge is 0.224 e. The molecule has 1 fully saturated rings. The van der Waals surface area contributed by atoms with Gasteiger partial charge in [0.25, 0.3) is 0 Å². The Morgan fingerprint density at radius 2 is 2.17 bits per heavy atom. The van der Waals surface area contributed by atoms with Crippen LogP contribution in [0.15, 0.2) is 24.3 Å². The monoisotopic (exact) mass is 250 g/mol. The molecule has 0 aliphatic carbocycles. The van der Waals surface area contributed by atoms with Crippen LogP contribution in [-0.2, 0) is 11.3 Å². The minimum Gasteiger partial charge on any atom is -0.341 e. The average molecular weight is 250 g/mol. The molecule has 1 unspecified atom stereocenters. The second kappa shape index (κ2) is 5.96. The first-order valence-electron chi connectivity index (χ1n) is 6.37. The molecule has 18 heavy (non-hydrogen) atoms. The minimum absolute atomic E-state index is 0.138. The first-order valence-corrected chi connectivity index (χ1v) is 6.37. The highest BCUT2D eigenvalue weighted by Crippen LogP contribution is 2.12. The molecule has 1 aromatic rings. The molecule has 0 spiro atoms. The highest BCUT2D eigenvalue weighted by molar-refractivity contribution is 5.76. The van der Waals surface area contributed by atoms with Crippen molar-refractivity contribution in [3.63, 3.8) is 0 Å². The summed E-state index contributed by atoms with van der Waals surface area (Å²) < 4.78 is 12.8. The Morgan fingerprint density at radius 1 is 1.44 bits per heavy atom. The molecule has 0 radical (unpaired) electrons. The van der Waals surface area contributed by atoms with Crippen LogP contribution in [0.1, 0.15) is 24.8 Å². The lowest BCUT2D eigenvalue weighted by Gasteiger charge is -2.19. The van der Waals surface area contributed by atoms with Crippen LogP contribution in [0.2, 0.25) is 0 Å². The molecule has 1 aliphatic rings. The number of rotatable bonds is 4. The Morgan fingerprint density at radius 3 is 2.78 bits per heavy atom. The lowest BCUT2D eigenvalue weighted by atomic mass is 10.1. The standard InChI is InChI=1S/C14H19FN2O/c1-17(10-11-4-6-12(15)7-5-11)14(18)9-13-3-2-8-16-13/h4-7,13,16H,2-3,8-10H2,1H3. The van der Waals surface area contributed by atoms with Crippen molar-refractivity contribution in [1.29, 1.82) is 0 Å². The van der Waals surface area contributed by atoms with Gasteiger partial charge in [0.2, 0.25) is 5.91 Å². The summed E-state index contributed by atoms with van der Waals surface area (Å²) in [5.41, 5.74) is 0.951. The van der Waals surface area contributed by atoms with Crippen molar-refractivity contribution in [1.82, 2.24) is 10.2 Å². The normalized spacial score (nSPS) is 18.9. The summed E-state index contributed by atoms with van der Waals surface area (Å²) in [6.07, 6.45) is 2.79. The number of hydrogen-bond acceptors (Lipinski definition) is 2. The van der Waals surface area contributed by atoms with Crippen LogP contribution in [0.3, 0.4) is 0 Å². The zero-order valence-electron chi connectivity index (χ0n) is 10.7. The Labute approximate surface area is 107 Å². The Kier molecular flexibility index (Phi) is 4.31. The first kappa shape index (κ1) is 13.0. The molecule has 0 saturated carbocycles. The molecule has 1 saturated heterocycles. The quantitative estimate of drug-likeness (QED) is 0.885. The molecule has 1 N–H and O–H groups in total. The van der Waals surface area contributed by atoms with Gasteiger partial charge >= 0.3 is 0 Å². The number of amides is 1. The van der Waals surface area contributed by atoms with E-state index >= 15 is 0 Å². The minimum atomic E-state index is -0.247. The Balaban J connectivity index is 1.84. The maximum absolute atomic E-state index is 12.8. The highest BCUT2D eigenvalue weighted by atomic mass is 19.1. The summed E-state index contributed by atoms with van der Waals surface area (Å²) in [7, 11) is 1.79. The molecule has 1 aromatic carbocycles. The van der Waals surface area contributed by atoms with E-state index in [9.17, 15) is 9.18 Å². The van der Waals surface area contributed by atoms with Gasteiger partial charge in [0.05, 0.1) is 0 Å². The third kappa shape index (κ3) is 3.53. The SMILES string of the molecule is CN(Cc1ccc(F)cc1)C(=O)CC1CCCN1. The van der Waals surface area contributed by atoms with Crippen LogP contribution >= 0.6 is 0 Å². The highest BCUT2D eigenvalue weighted by Gasteiger charge is 2.19. The summed E-state index contributed by atoms with van der Waals surface area (Å²) in [5.74, 6) is -0.110. The van der Waals surface area contributed by atoms with Gasteiger partial charge in [-0.05, 0) is 37.1 Å². The van der Waals surface area contributed by atoms with Crippen molar-refractivity contribution >= 4 is 5.91 Å². The third-order valence-corrected chi connectivity index (χ3v) is 3.34. The van der Waals surface area contributed by atoms with Crippen molar-refractivity contribution in [2.75, 3.05) is 13.6 Å². The van der Waals surface area contributed by atoms with Crippen molar-refractivity contribution in [3.05, 3.63) is 35.6 Å². The first-order chi connectivity index (χ1) is 8.65. The molecule has 98 valence electrons. The fourth-order valence-electron chi connectivity index (χ4n) is 2.25. The van der Waals surface area contributed by atoms with Crippen LogP contribution in [-0.4, -0.2) is 30.4 Å². The van der Waals surface area contributed by atoms with E-state index in [0.29, 0.717) is 19.0 Å². The van der Waals surface area contributed by atoms with Crippen molar-refractivity contribution in [2.24, 2.45) is 0 Å². The van der Waals surface area contributed by atoms with E-state index in [0.717, 1.165) is 24.9 Å². The number of halogens is 1. The maximum Gasteiger partial charge on any atom is 0.224 e. The zero-order valence-corrected chi connectivity index (χ0v) is 10.7. The second-order valence-corrected chi connectivity index (χ2v) is 4.87. The zero-order chi connectivity index (χ0) is 13.0. The number of hydrogen-bond donors (Lipinski definition) is 1. The van der Waals surface area contributed by atoms with Crippen LogP contribution in [0, 0.1) is 5.82 Å². The van der Waals surface area contributed by atoms with E-state index in [2.05, 4.69) is 5.32 Å². The largest absolute Gasteiger partial charge is 0.341 e. The number of carbonyl (C=O) groups excluding carboxylic acids is 1. The molecule has 1 aliphatic heterocycles.